The molecule has 2 saturated heterocycles. The van der Waals surface area contributed by atoms with E-state index in [1.54, 1.807) is 66.7 Å². The Hall–Kier alpha value is -5.10. The van der Waals surface area contributed by atoms with E-state index in [4.69, 9.17) is 23.5 Å². The van der Waals surface area contributed by atoms with E-state index in [1.807, 2.05) is 6.92 Å². The van der Waals surface area contributed by atoms with Gasteiger partial charge in [-0.15, -0.1) is 0 Å². The molecule has 5 fully saturated rings. The second kappa shape index (κ2) is 16.6. The lowest BCUT2D eigenvalue weighted by Gasteiger charge is -2.64. The lowest BCUT2D eigenvalue weighted by molar-refractivity contribution is -0.199. The Bertz CT molecular complexity index is 2100. The molecule has 3 saturated carbocycles. The van der Waals surface area contributed by atoms with E-state index in [0.717, 1.165) is 25.1 Å². The van der Waals surface area contributed by atoms with Crippen LogP contribution in [-0.4, -0.2) is 113 Å². The van der Waals surface area contributed by atoms with E-state index in [-0.39, 0.29) is 60.4 Å². The number of methoxy groups -OCH3 is 1. The molecule has 330 valence electrons. The molecule has 3 aliphatic carbocycles. The summed E-state index contributed by atoms with van der Waals surface area (Å²) in [6.45, 7) is 18.3. The highest BCUT2D eigenvalue weighted by Gasteiger charge is 2.68. The summed E-state index contributed by atoms with van der Waals surface area (Å²) in [6.07, 6.45) is 2.33. The Morgan fingerprint density at radius 1 is 0.984 bits per heavy atom. The van der Waals surface area contributed by atoms with E-state index >= 15 is 4.39 Å². The summed E-state index contributed by atoms with van der Waals surface area (Å²) in [7, 11) is 0.329. The van der Waals surface area contributed by atoms with Gasteiger partial charge in [0.25, 0.3) is 0 Å². The number of hydrogen-bond acceptors (Lipinski definition) is 12. The van der Waals surface area contributed by atoms with Gasteiger partial charge >= 0.3 is 36.9 Å². The molecule has 0 radical (unpaired) electrons. The van der Waals surface area contributed by atoms with Gasteiger partial charge in [0.05, 0.1) is 30.3 Å². The lowest BCUT2D eigenvalue weighted by atomic mass is 9.43. The minimum atomic E-state index is -1.92. The first kappa shape index (κ1) is 45.4. The van der Waals surface area contributed by atoms with Crippen LogP contribution in [-0.2, 0) is 39.6 Å². The zero-order chi connectivity index (χ0) is 45.0. The number of nitrogens with zero attached hydrogens (tertiary/aromatic N) is 3. The third-order valence-electron chi connectivity index (χ3n) is 12.2. The number of nitrogens with one attached hydrogen (secondary N) is 2. The molecule has 0 spiro atoms. The van der Waals surface area contributed by atoms with E-state index in [9.17, 15) is 28.8 Å². The average molecular weight is 850 g/mol. The molecule has 2 N–H and O–H groups in total. The number of urea groups is 1. The molecule has 61 heavy (non-hydrogen) atoms. The maximum Gasteiger partial charge on any atom is 0.482 e. The highest BCUT2D eigenvalue weighted by atomic mass is 19.1. The van der Waals surface area contributed by atoms with Gasteiger partial charge < -0.3 is 39.1 Å². The second-order valence-corrected chi connectivity index (χ2v) is 19.0. The fourth-order valence-corrected chi connectivity index (χ4v) is 9.01. The molecular formula is C43H57BFN5O11. The normalized spacial score (nSPS) is 24.3. The van der Waals surface area contributed by atoms with Crippen molar-refractivity contribution in [2.24, 2.45) is 17.3 Å². The number of piperazine rings is 1. The fraction of sp³-hybridized carbons (Fsp3) is 0.605. The molecule has 2 aromatic rings. The number of imide groups is 1. The summed E-state index contributed by atoms with van der Waals surface area (Å²) in [5.74, 6) is -5.99. The van der Waals surface area contributed by atoms with Gasteiger partial charge in [0.15, 0.2) is 6.04 Å². The SMILES string of the molecule is CCN1CCN(C(=O)NC(C(=O)N[C@@H](Cc2cccc(C(=O)OC(C)(C)C)c2OC)B2O[C@@H]3C[C@@H]4C[C@@H](C4(C)C)[C@]3(C)O2)c2ncc(C(=O)OC(C)(C)C)cc2F)C(=O)C1=O. The topological polar surface area (TPSA) is 192 Å². The molecule has 16 nitrogen and oxygen atoms in total. The Labute approximate surface area is 356 Å². The van der Waals surface area contributed by atoms with Gasteiger partial charge in [0.2, 0.25) is 5.91 Å². The third-order valence-corrected chi connectivity index (χ3v) is 12.2. The third kappa shape index (κ3) is 9.11. The maximum absolute atomic E-state index is 16.2. The molecule has 2 bridgehead atoms. The molecule has 18 heteroatoms. The average Bonchev–Trinajstić information content (AvgIpc) is 3.53. The minimum Gasteiger partial charge on any atom is -0.496 e. The molecule has 1 aromatic heterocycles. The molecule has 1 aromatic carbocycles. The molecule has 5 amide bonds. The lowest BCUT2D eigenvalue weighted by Crippen LogP contribution is -2.65. The number of carbonyl (C=O) groups is 6. The molecule has 3 heterocycles. The first-order valence-corrected chi connectivity index (χ1v) is 20.7. The van der Waals surface area contributed by atoms with E-state index < -0.39 is 83.1 Å². The van der Waals surface area contributed by atoms with Gasteiger partial charge in [0.1, 0.15) is 34.0 Å². The predicted molar refractivity (Wildman–Crippen MR) is 219 cm³/mol. The molecule has 2 aliphatic heterocycles. The summed E-state index contributed by atoms with van der Waals surface area (Å²) in [5, 5.41) is 5.33. The van der Waals surface area contributed by atoms with Crippen molar-refractivity contribution in [1.82, 2.24) is 25.4 Å². The van der Waals surface area contributed by atoms with Crippen molar-refractivity contribution >= 4 is 42.8 Å². The minimum absolute atomic E-state index is 0.0152. The zero-order valence-corrected chi connectivity index (χ0v) is 36.8. The summed E-state index contributed by atoms with van der Waals surface area (Å²) < 4.78 is 46.5. The number of aromatic nitrogens is 1. The van der Waals surface area contributed by atoms with Gasteiger partial charge in [-0.25, -0.2) is 18.8 Å². The van der Waals surface area contributed by atoms with Crippen LogP contribution in [0.3, 0.4) is 0 Å². The smallest absolute Gasteiger partial charge is 0.482 e. The zero-order valence-electron chi connectivity index (χ0n) is 36.8. The van der Waals surface area contributed by atoms with Crippen molar-refractivity contribution in [3.05, 3.63) is 58.7 Å². The number of likely N-dealkylation sites (N-methyl/N-ethyl adjacent to an activating group) is 1. The number of benzene rings is 1. The van der Waals surface area contributed by atoms with Crippen LogP contribution in [0.25, 0.3) is 0 Å². The molecule has 5 aliphatic rings. The van der Waals surface area contributed by atoms with Crippen LogP contribution in [0.15, 0.2) is 30.5 Å². The Morgan fingerprint density at radius 2 is 1.66 bits per heavy atom. The van der Waals surface area contributed by atoms with Crippen molar-refractivity contribution in [3.8, 4) is 5.75 Å². The van der Waals surface area contributed by atoms with Crippen LogP contribution >= 0.6 is 0 Å². The van der Waals surface area contributed by atoms with Crippen molar-refractivity contribution in [2.45, 2.75) is 123 Å². The van der Waals surface area contributed by atoms with E-state index in [2.05, 4.69) is 29.5 Å². The molecule has 7 rings (SSSR count). The Balaban J connectivity index is 1.38. The highest BCUT2D eigenvalue weighted by Crippen LogP contribution is 2.65. The first-order valence-electron chi connectivity index (χ1n) is 20.7. The second-order valence-electron chi connectivity index (χ2n) is 19.0. The number of amides is 5. The molecule has 1 unspecified atom stereocenters. The van der Waals surface area contributed by atoms with Crippen molar-refractivity contribution in [2.75, 3.05) is 26.7 Å². The predicted octanol–water partition coefficient (Wildman–Crippen LogP) is 4.58. The summed E-state index contributed by atoms with van der Waals surface area (Å²) in [4.78, 5) is 86.7. The number of esters is 2. The summed E-state index contributed by atoms with van der Waals surface area (Å²) in [6, 6.07) is 2.69. The van der Waals surface area contributed by atoms with Gasteiger partial charge in [-0.1, -0.05) is 26.0 Å². The number of halogens is 1. The van der Waals surface area contributed by atoms with Gasteiger partial charge in [-0.05, 0) is 110 Å². The number of rotatable bonds is 11. The maximum atomic E-state index is 16.2. The quantitative estimate of drug-likeness (QED) is 0.182. The van der Waals surface area contributed by atoms with Gasteiger partial charge in [-0.2, -0.15) is 0 Å². The van der Waals surface area contributed by atoms with E-state index in [0.29, 0.717) is 16.4 Å². The molecular weight excluding hydrogens is 792 g/mol. The fourth-order valence-electron chi connectivity index (χ4n) is 9.01. The number of pyridine rings is 1. The monoisotopic (exact) mass is 849 g/mol. The number of hydrogen-bond donors (Lipinski definition) is 2. The van der Waals surface area contributed by atoms with Crippen LogP contribution in [0.1, 0.15) is 120 Å². The van der Waals surface area contributed by atoms with Crippen molar-refractivity contribution in [3.63, 3.8) is 0 Å². The Morgan fingerprint density at radius 3 is 2.26 bits per heavy atom. The number of ether oxygens (including phenoxy) is 3. The van der Waals surface area contributed by atoms with Crippen LogP contribution in [0, 0.1) is 23.1 Å². The van der Waals surface area contributed by atoms with Gasteiger partial charge in [-0.3, -0.25) is 24.3 Å². The summed E-state index contributed by atoms with van der Waals surface area (Å²) >= 11 is 0. The largest absolute Gasteiger partial charge is 0.496 e. The highest BCUT2D eigenvalue weighted by molar-refractivity contribution is 6.48. The van der Waals surface area contributed by atoms with Crippen LogP contribution in [0.4, 0.5) is 9.18 Å². The standard InChI is InChI=1S/C43H57BFN5O11/c1-12-49-16-17-50(36(53)35(49)52)39(56)48-32(31-27(45)18-24(22-46-31)37(54)58-40(2,3)4)34(51)47-30(44-60-29-21-25-20-28(42(25,8)9)43(29,10)61-44)19-23-14-13-15-26(33(23)57-11)38(55)59-41(5,6)7/h13-15,18,22,25,28-30,32H,12,16-17,19-21H2,1-11H3,(H,47,51)(H,48,56)/t25-,28-,29+,30-,32?,43-/m0/s1. The van der Waals surface area contributed by atoms with Gasteiger partial charge in [0, 0.05) is 25.8 Å². The number of carbonyl (C=O) groups excluding carboxylic acids is 6. The van der Waals surface area contributed by atoms with Crippen molar-refractivity contribution < 1.29 is 56.7 Å². The number of para-hydroxylation sites is 1. The van der Waals surface area contributed by atoms with Crippen LogP contribution in [0.5, 0.6) is 5.75 Å². The van der Waals surface area contributed by atoms with E-state index in [1.165, 1.54) is 12.0 Å². The Kier molecular flexibility index (Phi) is 12.4. The first-order chi connectivity index (χ1) is 28.4. The molecule has 6 atom stereocenters. The summed E-state index contributed by atoms with van der Waals surface area (Å²) in [5.41, 5.74) is -2.69. The van der Waals surface area contributed by atoms with Crippen LogP contribution in [0.2, 0.25) is 0 Å². The van der Waals surface area contributed by atoms with Crippen LogP contribution < -0.4 is 15.4 Å². The van der Waals surface area contributed by atoms with Crippen molar-refractivity contribution in [1.29, 1.82) is 0 Å².